The summed E-state index contributed by atoms with van der Waals surface area (Å²) in [6, 6.07) is 20.7. The largest absolute Gasteiger partial charge is 0.488 e. The molecule has 1 aliphatic rings. The number of alkyl halides is 3. The van der Waals surface area contributed by atoms with Crippen LogP contribution in [0.15, 0.2) is 77.0 Å². The van der Waals surface area contributed by atoms with E-state index in [4.69, 9.17) is 16.3 Å². The van der Waals surface area contributed by atoms with E-state index in [1.165, 1.54) is 6.07 Å². The third-order valence-corrected chi connectivity index (χ3v) is 9.88. The molecule has 41 heavy (non-hydrogen) atoms. The number of nitrogens with one attached hydrogen (secondary N) is 1. The Kier molecular flexibility index (Phi) is 8.03. The zero-order valence-corrected chi connectivity index (χ0v) is 24.0. The summed E-state index contributed by atoms with van der Waals surface area (Å²) < 4.78 is 75.9. The number of hydrogen-bond acceptors (Lipinski definition) is 6. The van der Waals surface area contributed by atoms with Crippen molar-refractivity contribution in [1.82, 2.24) is 4.90 Å². The minimum Gasteiger partial charge on any atom is -0.488 e. The van der Waals surface area contributed by atoms with Gasteiger partial charge in [0.1, 0.15) is 20.4 Å². The highest BCUT2D eigenvalue weighted by Gasteiger charge is 2.36. The van der Waals surface area contributed by atoms with Crippen LogP contribution in [-0.2, 0) is 16.2 Å². The second kappa shape index (κ2) is 11.4. The molecule has 0 saturated carbocycles. The normalized spacial score (nSPS) is 16.0. The van der Waals surface area contributed by atoms with Gasteiger partial charge in [-0.15, -0.1) is 11.3 Å². The molecule has 1 aliphatic heterocycles. The first kappa shape index (κ1) is 29.0. The molecular formula is C29H23ClF3N3O3S2. The third-order valence-electron chi connectivity index (χ3n) is 6.66. The summed E-state index contributed by atoms with van der Waals surface area (Å²) in [5.41, 5.74) is 1.83. The van der Waals surface area contributed by atoms with Crippen LogP contribution in [0.2, 0.25) is 4.34 Å². The molecule has 5 rings (SSSR count). The Morgan fingerprint density at radius 2 is 1.68 bits per heavy atom. The number of benzene rings is 3. The fourth-order valence-electron chi connectivity index (χ4n) is 4.73. The van der Waals surface area contributed by atoms with E-state index in [0.29, 0.717) is 47.3 Å². The standard InChI is InChI=1S/C29H23ClF3N3O3S2/c1-36-13-12-20(17-36)39-26-14-19(10-11-25(26)29(31,32)33)35-41(37,38)27-15-24(28(30)40-27)23-9-5-4-8-22(23)21-7-3-2-6-18(21)16-34/h2-11,14-15,20,35H,12-13,17H2,1H3/t20-/m1/s1. The van der Waals surface area contributed by atoms with Gasteiger partial charge in [-0.25, -0.2) is 8.42 Å². The highest BCUT2D eigenvalue weighted by Crippen LogP contribution is 2.43. The smallest absolute Gasteiger partial charge is 0.419 e. The summed E-state index contributed by atoms with van der Waals surface area (Å²) in [6.07, 6.45) is -4.57. The molecule has 3 aromatic carbocycles. The predicted octanol–water partition coefficient (Wildman–Crippen LogP) is 7.51. The van der Waals surface area contributed by atoms with Crippen LogP contribution in [0, 0.1) is 11.3 Å². The molecule has 1 saturated heterocycles. The average Bonchev–Trinajstić information content (AvgIpc) is 3.53. The Hall–Kier alpha value is -3.56. The Labute approximate surface area is 244 Å². The van der Waals surface area contributed by atoms with Gasteiger partial charge in [-0.05, 0) is 48.9 Å². The van der Waals surface area contributed by atoms with Crippen molar-refractivity contribution in [2.24, 2.45) is 0 Å². The topological polar surface area (TPSA) is 82.4 Å². The monoisotopic (exact) mass is 617 g/mol. The van der Waals surface area contributed by atoms with E-state index >= 15 is 0 Å². The zero-order chi connectivity index (χ0) is 29.4. The van der Waals surface area contributed by atoms with Gasteiger partial charge in [-0.3, -0.25) is 4.72 Å². The number of nitriles is 1. The van der Waals surface area contributed by atoms with Gasteiger partial charge in [0.05, 0.1) is 22.9 Å². The van der Waals surface area contributed by atoms with Crippen molar-refractivity contribution in [1.29, 1.82) is 5.26 Å². The van der Waals surface area contributed by atoms with Crippen LogP contribution in [0.3, 0.4) is 0 Å². The van der Waals surface area contributed by atoms with E-state index < -0.39 is 33.6 Å². The average molecular weight is 618 g/mol. The molecule has 2 heterocycles. The number of ether oxygens (including phenoxy) is 1. The van der Waals surface area contributed by atoms with Gasteiger partial charge in [-0.1, -0.05) is 54.1 Å². The van der Waals surface area contributed by atoms with Gasteiger partial charge in [0.25, 0.3) is 10.0 Å². The number of sulfonamides is 1. The van der Waals surface area contributed by atoms with Gasteiger partial charge in [0.2, 0.25) is 0 Å². The van der Waals surface area contributed by atoms with E-state index in [2.05, 4.69) is 10.8 Å². The molecule has 6 nitrogen and oxygen atoms in total. The lowest BCUT2D eigenvalue weighted by Gasteiger charge is -2.19. The van der Waals surface area contributed by atoms with E-state index in [-0.39, 0.29) is 14.2 Å². The molecule has 212 valence electrons. The molecule has 4 aromatic rings. The quantitative estimate of drug-likeness (QED) is 0.232. The predicted molar refractivity (Wildman–Crippen MR) is 154 cm³/mol. The van der Waals surface area contributed by atoms with Gasteiger partial charge in [0.15, 0.2) is 0 Å². The summed E-state index contributed by atoms with van der Waals surface area (Å²) in [7, 11) is -2.38. The second-order valence-electron chi connectivity index (χ2n) is 9.56. The molecule has 0 unspecified atom stereocenters. The van der Waals surface area contributed by atoms with Crippen molar-refractivity contribution in [3.05, 3.63) is 88.3 Å². The van der Waals surface area contributed by atoms with Crippen molar-refractivity contribution < 1.29 is 26.3 Å². The van der Waals surface area contributed by atoms with Crippen LogP contribution in [0.5, 0.6) is 5.75 Å². The van der Waals surface area contributed by atoms with Crippen molar-refractivity contribution in [3.63, 3.8) is 0 Å². The van der Waals surface area contributed by atoms with E-state index in [1.807, 2.05) is 18.0 Å². The highest BCUT2D eigenvalue weighted by molar-refractivity contribution is 7.94. The number of nitrogens with zero attached hydrogens (tertiary/aromatic N) is 2. The number of likely N-dealkylation sites (tertiary alicyclic amines) is 1. The molecule has 0 bridgehead atoms. The van der Waals surface area contributed by atoms with Crippen LogP contribution in [-0.4, -0.2) is 39.6 Å². The highest BCUT2D eigenvalue weighted by atomic mass is 35.5. The molecule has 1 atom stereocenters. The first-order chi connectivity index (χ1) is 19.5. The lowest BCUT2D eigenvalue weighted by molar-refractivity contribution is -0.139. The van der Waals surface area contributed by atoms with Gasteiger partial charge >= 0.3 is 6.18 Å². The van der Waals surface area contributed by atoms with Crippen LogP contribution in [0.25, 0.3) is 22.3 Å². The lowest BCUT2D eigenvalue weighted by atomic mass is 9.93. The van der Waals surface area contributed by atoms with E-state index in [0.717, 1.165) is 29.5 Å². The summed E-state index contributed by atoms with van der Waals surface area (Å²) in [5, 5.41) is 9.58. The summed E-state index contributed by atoms with van der Waals surface area (Å²) in [4.78, 5) is 1.94. The van der Waals surface area contributed by atoms with Gasteiger partial charge in [0, 0.05) is 30.3 Å². The van der Waals surface area contributed by atoms with Crippen molar-refractivity contribution in [2.75, 3.05) is 24.9 Å². The van der Waals surface area contributed by atoms with Crippen LogP contribution in [0.1, 0.15) is 17.5 Å². The van der Waals surface area contributed by atoms with Gasteiger partial charge in [-0.2, -0.15) is 18.4 Å². The Balaban J connectivity index is 1.48. The molecule has 0 aliphatic carbocycles. The maximum absolute atomic E-state index is 13.7. The fraction of sp³-hybridized carbons (Fsp3) is 0.207. The Morgan fingerprint density at radius 3 is 2.32 bits per heavy atom. The van der Waals surface area contributed by atoms with E-state index in [1.54, 1.807) is 42.5 Å². The van der Waals surface area contributed by atoms with Gasteiger partial charge < -0.3 is 9.64 Å². The van der Waals surface area contributed by atoms with Crippen LogP contribution in [0.4, 0.5) is 18.9 Å². The number of rotatable bonds is 7. The molecule has 0 radical (unpaired) electrons. The minimum atomic E-state index is -4.68. The van der Waals surface area contributed by atoms with Crippen molar-refractivity contribution in [3.8, 4) is 34.1 Å². The molecule has 1 aromatic heterocycles. The maximum atomic E-state index is 13.7. The molecular weight excluding hydrogens is 595 g/mol. The number of anilines is 1. The number of halogens is 4. The Morgan fingerprint density at radius 1 is 1.02 bits per heavy atom. The van der Waals surface area contributed by atoms with Crippen LogP contribution < -0.4 is 9.46 Å². The second-order valence-corrected chi connectivity index (χ2v) is 13.1. The minimum absolute atomic E-state index is 0.0752. The molecule has 1 N–H and O–H groups in total. The molecule has 12 heteroatoms. The zero-order valence-electron chi connectivity index (χ0n) is 21.6. The molecule has 0 spiro atoms. The SMILES string of the molecule is CN1CC[C@@H](Oc2cc(NS(=O)(=O)c3cc(-c4ccccc4-c4ccccc4C#N)c(Cl)s3)ccc2C(F)(F)F)C1. The summed E-state index contributed by atoms with van der Waals surface area (Å²) in [6.45, 7) is 1.15. The first-order valence-corrected chi connectivity index (χ1v) is 15.1. The molecule has 0 amide bonds. The number of likely N-dealkylation sites (N-methyl/N-ethyl adjacent to an activating group) is 1. The lowest BCUT2D eigenvalue weighted by Crippen LogP contribution is -2.23. The number of hydrogen-bond donors (Lipinski definition) is 1. The fourth-order valence-corrected chi connectivity index (χ4v) is 7.52. The molecule has 1 fully saturated rings. The first-order valence-electron chi connectivity index (χ1n) is 12.4. The summed E-state index contributed by atoms with van der Waals surface area (Å²) >= 11 is 7.36. The van der Waals surface area contributed by atoms with Crippen molar-refractivity contribution >= 4 is 38.6 Å². The summed E-state index contributed by atoms with van der Waals surface area (Å²) in [5.74, 6) is -0.437. The van der Waals surface area contributed by atoms with Crippen molar-refractivity contribution in [2.45, 2.75) is 22.9 Å². The maximum Gasteiger partial charge on any atom is 0.419 e. The Bertz CT molecular complexity index is 1750. The third kappa shape index (κ3) is 6.21. The number of thiophene rings is 1. The van der Waals surface area contributed by atoms with Crippen LogP contribution >= 0.6 is 22.9 Å². The van der Waals surface area contributed by atoms with E-state index in [9.17, 15) is 26.9 Å².